The van der Waals surface area contributed by atoms with Crippen molar-refractivity contribution in [3.8, 4) is 0 Å². The fourth-order valence-corrected chi connectivity index (χ4v) is 5.47. The number of rotatable bonds is 11. The summed E-state index contributed by atoms with van der Waals surface area (Å²) in [7, 11) is 0. The minimum Gasteiger partial charge on any atom is -0.0654 e. The molecule has 0 amide bonds. The van der Waals surface area contributed by atoms with E-state index in [1.54, 1.807) is 64.2 Å². The molecule has 0 aromatic rings. The third-order valence-electron chi connectivity index (χ3n) is 7.34. The molecule has 0 N–H and O–H groups in total. The second kappa shape index (κ2) is 12.4. The fraction of sp³-hybridized carbons (Fsp3) is 1.00. The highest BCUT2D eigenvalue weighted by Crippen LogP contribution is 2.36. The van der Waals surface area contributed by atoms with Crippen molar-refractivity contribution in [3.05, 3.63) is 0 Å². The van der Waals surface area contributed by atoms with Gasteiger partial charge in [0.1, 0.15) is 0 Å². The minimum absolute atomic E-state index is 1.09. The van der Waals surface area contributed by atoms with Crippen molar-refractivity contribution < 1.29 is 0 Å². The van der Waals surface area contributed by atoms with Crippen LogP contribution in [-0.2, 0) is 0 Å². The van der Waals surface area contributed by atoms with Crippen molar-refractivity contribution in [2.24, 2.45) is 23.7 Å². The van der Waals surface area contributed by atoms with Crippen molar-refractivity contribution in [1.82, 2.24) is 0 Å². The molecule has 2 aliphatic carbocycles. The Balaban J connectivity index is 1.45. The number of hydrogen-bond acceptors (Lipinski definition) is 0. The van der Waals surface area contributed by atoms with Crippen molar-refractivity contribution in [2.45, 2.75) is 129 Å². The number of hydrogen-bond donors (Lipinski definition) is 0. The summed E-state index contributed by atoms with van der Waals surface area (Å²) < 4.78 is 0. The Labute approximate surface area is 153 Å². The third-order valence-corrected chi connectivity index (χ3v) is 7.34. The predicted molar refractivity (Wildman–Crippen MR) is 108 cm³/mol. The molecule has 0 aromatic carbocycles. The average Bonchev–Trinajstić information content (AvgIpc) is 2.64. The second-order valence-corrected chi connectivity index (χ2v) is 9.34. The van der Waals surface area contributed by atoms with E-state index in [1.165, 1.54) is 51.4 Å². The van der Waals surface area contributed by atoms with E-state index in [9.17, 15) is 0 Å². The summed E-state index contributed by atoms with van der Waals surface area (Å²) >= 11 is 0. The van der Waals surface area contributed by atoms with E-state index in [-0.39, 0.29) is 0 Å². The van der Waals surface area contributed by atoms with E-state index >= 15 is 0 Å². The van der Waals surface area contributed by atoms with E-state index in [4.69, 9.17) is 0 Å². The molecule has 0 radical (unpaired) electrons. The first-order chi connectivity index (χ1) is 11.8. The summed E-state index contributed by atoms with van der Waals surface area (Å²) in [4.78, 5) is 0. The molecular weight excluding hydrogens is 288 g/mol. The van der Waals surface area contributed by atoms with E-state index in [0.29, 0.717) is 0 Å². The van der Waals surface area contributed by atoms with E-state index in [1.807, 2.05) is 0 Å². The Kier molecular flexibility index (Phi) is 10.5. The quantitative estimate of drug-likeness (QED) is 0.332. The zero-order valence-corrected chi connectivity index (χ0v) is 17.0. The molecule has 0 saturated heterocycles. The molecule has 2 aliphatic rings. The zero-order valence-electron chi connectivity index (χ0n) is 17.0. The van der Waals surface area contributed by atoms with E-state index in [0.717, 1.165) is 23.7 Å². The second-order valence-electron chi connectivity index (χ2n) is 9.34. The monoisotopic (exact) mass is 334 g/mol. The van der Waals surface area contributed by atoms with Gasteiger partial charge in [-0.25, -0.2) is 0 Å². The fourth-order valence-electron chi connectivity index (χ4n) is 5.47. The van der Waals surface area contributed by atoms with Crippen LogP contribution in [0.2, 0.25) is 0 Å². The van der Waals surface area contributed by atoms with Gasteiger partial charge in [0, 0.05) is 0 Å². The van der Waals surface area contributed by atoms with Gasteiger partial charge in [0.25, 0.3) is 0 Å². The molecule has 24 heavy (non-hydrogen) atoms. The van der Waals surface area contributed by atoms with Gasteiger partial charge in [0.15, 0.2) is 0 Å². The lowest BCUT2D eigenvalue weighted by Crippen LogP contribution is -2.15. The normalized spacial score (nSPS) is 31.2. The standard InChI is InChI=1S/C24H46/c1-3-5-9-21-13-17-23(18-14-21)11-7-8-12-24-19-15-22(16-20-24)10-6-4-2/h21-24H,3-20H2,1-2H3/t21-,22-,23-,24-. The van der Waals surface area contributed by atoms with Crippen molar-refractivity contribution >= 4 is 0 Å². The molecule has 0 aromatic heterocycles. The molecule has 0 unspecified atom stereocenters. The molecule has 0 aliphatic heterocycles. The van der Waals surface area contributed by atoms with Gasteiger partial charge in [-0.05, 0) is 23.7 Å². The maximum atomic E-state index is 2.34. The first-order valence-electron chi connectivity index (χ1n) is 11.8. The Bertz CT molecular complexity index is 248. The van der Waals surface area contributed by atoms with Gasteiger partial charge in [0.2, 0.25) is 0 Å². The summed E-state index contributed by atoms with van der Waals surface area (Å²) in [5.74, 6) is 4.36. The van der Waals surface area contributed by atoms with Gasteiger partial charge in [-0.15, -0.1) is 0 Å². The molecule has 142 valence electrons. The first kappa shape index (κ1) is 20.3. The lowest BCUT2D eigenvalue weighted by molar-refractivity contribution is 0.231. The Hall–Kier alpha value is 0. The highest BCUT2D eigenvalue weighted by atomic mass is 14.3. The SMILES string of the molecule is CCCC[C@H]1CC[C@H](CCCC[C@H]2CC[C@H](CCCC)CC2)CC1. The number of unbranched alkanes of at least 4 members (excludes halogenated alkanes) is 3. The maximum absolute atomic E-state index is 2.34. The van der Waals surface area contributed by atoms with Crippen LogP contribution in [0.5, 0.6) is 0 Å². The Morgan fingerprint density at radius 1 is 0.417 bits per heavy atom. The molecule has 2 rings (SSSR count). The van der Waals surface area contributed by atoms with Gasteiger partial charge in [-0.2, -0.15) is 0 Å². The molecular formula is C24H46. The van der Waals surface area contributed by atoms with Crippen LogP contribution in [0.3, 0.4) is 0 Å². The van der Waals surface area contributed by atoms with E-state index < -0.39 is 0 Å². The average molecular weight is 335 g/mol. The van der Waals surface area contributed by atoms with Crippen molar-refractivity contribution in [3.63, 3.8) is 0 Å². The molecule has 2 saturated carbocycles. The lowest BCUT2D eigenvalue weighted by atomic mass is 9.76. The zero-order chi connectivity index (χ0) is 17.0. The summed E-state index contributed by atoms with van der Waals surface area (Å²) in [6.07, 6.45) is 27.3. The minimum atomic E-state index is 1.09. The lowest BCUT2D eigenvalue weighted by Gasteiger charge is -2.30. The summed E-state index contributed by atoms with van der Waals surface area (Å²) in [5.41, 5.74) is 0. The maximum Gasteiger partial charge on any atom is -0.0414 e. The predicted octanol–water partition coefficient (Wildman–Crippen LogP) is 8.54. The molecule has 0 spiro atoms. The van der Waals surface area contributed by atoms with Crippen LogP contribution in [0.4, 0.5) is 0 Å². The third kappa shape index (κ3) is 7.92. The van der Waals surface area contributed by atoms with Crippen molar-refractivity contribution in [2.75, 3.05) is 0 Å². The first-order valence-corrected chi connectivity index (χ1v) is 11.8. The summed E-state index contributed by atoms with van der Waals surface area (Å²) in [6, 6.07) is 0. The van der Waals surface area contributed by atoms with Gasteiger partial charge < -0.3 is 0 Å². The smallest absolute Gasteiger partial charge is 0.0414 e. The molecule has 2 fully saturated rings. The molecule has 0 nitrogen and oxygen atoms in total. The summed E-state index contributed by atoms with van der Waals surface area (Å²) in [6.45, 7) is 4.67. The Morgan fingerprint density at radius 3 is 0.917 bits per heavy atom. The van der Waals surface area contributed by atoms with Crippen LogP contribution in [0.25, 0.3) is 0 Å². The van der Waals surface area contributed by atoms with Crippen LogP contribution in [-0.4, -0.2) is 0 Å². The van der Waals surface area contributed by atoms with Crippen LogP contribution in [0.15, 0.2) is 0 Å². The largest absolute Gasteiger partial charge is 0.0654 e. The van der Waals surface area contributed by atoms with Crippen LogP contribution in [0, 0.1) is 23.7 Å². The Morgan fingerprint density at radius 2 is 0.667 bits per heavy atom. The van der Waals surface area contributed by atoms with Gasteiger partial charge in [0.05, 0.1) is 0 Å². The molecule has 0 atom stereocenters. The highest BCUT2D eigenvalue weighted by Gasteiger charge is 2.22. The highest BCUT2D eigenvalue weighted by molar-refractivity contribution is 4.75. The van der Waals surface area contributed by atoms with Crippen LogP contribution >= 0.6 is 0 Å². The molecule has 0 heteroatoms. The summed E-state index contributed by atoms with van der Waals surface area (Å²) in [5, 5.41) is 0. The van der Waals surface area contributed by atoms with Gasteiger partial charge in [-0.3, -0.25) is 0 Å². The molecule has 0 bridgehead atoms. The van der Waals surface area contributed by atoms with Gasteiger partial charge in [-0.1, -0.05) is 129 Å². The van der Waals surface area contributed by atoms with Gasteiger partial charge >= 0.3 is 0 Å². The van der Waals surface area contributed by atoms with Crippen molar-refractivity contribution in [1.29, 1.82) is 0 Å². The van der Waals surface area contributed by atoms with E-state index in [2.05, 4.69) is 13.8 Å². The van der Waals surface area contributed by atoms with Crippen LogP contribution in [0.1, 0.15) is 129 Å². The molecule has 0 heterocycles. The topological polar surface area (TPSA) is 0 Å². The van der Waals surface area contributed by atoms with Crippen LogP contribution < -0.4 is 0 Å².